The van der Waals surface area contributed by atoms with Gasteiger partial charge in [-0.15, -0.1) is 0 Å². The molecular weight excluding hydrogens is 434 g/mol. The highest BCUT2D eigenvalue weighted by molar-refractivity contribution is 9.10. The van der Waals surface area contributed by atoms with E-state index in [0.717, 1.165) is 16.5 Å². The largest absolute Gasteiger partial charge is 0.493 e. The number of carbonyl (C=O) groups is 1. The molecule has 0 bridgehead atoms. The van der Waals surface area contributed by atoms with Gasteiger partial charge in [-0.05, 0) is 64.2 Å². The SMILES string of the molecule is C=CCOc1ccc(C(=O)NCc2ccc(OCCC(C)C)c(OC)c2)cc1Br. The van der Waals surface area contributed by atoms with E-state index in [0.29, 0.717) is 48.5 Å². The second-order valence-electron chi connectivity index (χ2n) is 6.94. The third-order valence-electron chi connectivity index (χ3n) is 4.18. The van der Waals surface area contributed by atoms with Crippen LogP contribution in [0.1, 0.15) is 36.2 Å². The van der Waals surface area contributed by atoms with Gasteiger partial charge in [-0.25, -0.2) is 0 Å². The predicted molar refractivity (Wildman–Crippen MR) is 119 cm³/mol. The zero-order chi connectivity index (χ0) is 21.2. The van der Waals surface area contributed by atoms with E-state index < -0.39 is 0 Å². The number of hydrogen-bond acceptors (Lipinski definition) is 4. The third kappa shape index (κ3) is 7.13. The van der Waals surface area contributed by atoms with Gasteiger partial charge in [0, 0.05) is 12.1 Å². The molecule has 0 saturated carbocycles. The molecule has 29 heavy (non-hydrogen) atoms. The lowest BCUT2D eigenvalue weighted by Gasteiger charge is -2.13. The zero-order valence-electron chi connectivity index (χ0n) is 17.2. The summed E-state index contributed by atoms with van der Waals surface area (Å²) in [5.41, 5.74) is 1.47. The van der Waals surface area contributed by atoms with Gasteiger partial charge in [-0.2, -0.15) is 0 Å². The van der Waals surface area contributed by atoms with Crippen LogP contribution in [0.25, 0.3) is 0 Å². The molecule has 2 rings (SSSR count). The monoisotopic (exact) mass is 461 g/mol. The van der Waals surface area contributed by atoms with Crippen molar-refractivity contribution in [2.24, 2.45) is 5.92 Å². The summed E-state index contributed by atoms with van der Waals surface area (Å²) < 4.78 is 17.5. The maximum Gasteiger partial charge on any atom is 0.251 e. The summed E-state index contributed by atoms with van der Waals surface area (Å²) in [6, 6.07) is 10.9. The van der Waals surface area contributed by atoms with Crippen molar-refractivity contribution in [1.29, 1.82) is 0 Å². The molecule has 0 fully saturated rings. The van der Waals surface area contributed by atoms with Gasteiger partial charge >= 0.3 is 0 Å². The average Bonchev–Trinajstić information content (AvgIpc) is 2.71. The standard InChI is InChI=1S/C23H28BrNO4/c1-5-11-28-20-9-7-18(14-19(20)24)23(26)25-15-17-6-8-21(22(13-17)27-4)29-12-10-16(2)3/h5-9,13-14,16H,1,10-12,15H2,2-4H3,(H,25,26). The fraction of sp³-hybridized carbons (Fsp3) is 0.348. The van der Waals surface area contributed by atoms with Crippen molar-refractivity contribution in [3.63, 3.8) is 0 Å². The van der Waals surface area contributed by atoms with Crippen molar-refractivity contribution in [3.05, 3.63) is 64.7 Å². The number of amides is 1. The number of carbonyl (C=O) groups excluding carboxylic acids is 1. The topological polar surface area (TPSA) is 56.8 Å². The first kappa shape index (κ1) is 22.8. The highest BCUT2D eigenvalue weighted by atomic mass is 79.9. The molecule has 0 heterocycles. The van der Waals surface area contributed by atoms with Crippen LogP contribution in [0.3, 0.4) is 0 Å². The first-order valence-corrected chi connectivity index (χ1v) is 10.3. The van der Waals surface area contributed by atoms with Crippen LogP contribution >= 0.6 is 15.9 Å². The van der Waals surface area contributed by atoms with E-state index in [1.54, 1.807) is 31.4 Å². The van der Waals surface area contributed by atoms with Crippen molar-refractivity contribution in [3.8, 4) is 17.2 Å². The van der Waals surface area contributed by atoms with E-state index in [1.165, 1.54) is 0 Å². The fourth-order valence-electron chi connectivity index (χ4n) is 2.54. The molecule has 0 aliphatic carbocycles. The van der Waals surface area contributed by atoms with E-state index in [1.807, 2.05) is 18.2 Å². The lowest BCUT2D eigenvalue weighted by Crippen LogP contribution is -2.22. The summed E-state index contributed by atoms with van der Waals surface area (Å²) in [7, 11) is 1.61. The Kier molecular flexibility index (Phi) is 9.06. The number of rotatable bonds is 11. The average molecular weight is 462 g/mol. The summed E-state index contributed by atoms with van der Waals surface area (Å²) in [6.45, 7) is 9.37. The Labute approximate surface area is 181 Å². The Morgan fingerprint density at radius 1 is 1.14 bits per heavy atom. The van der Waals surface area contributed by atoms with Crippen LogP contribution < -0.4 is 19.5 Å². The second kappa shape index (κ2) is 11.5. The minimum absolute atomic E-state index is 0.169. The van der Waals surface area contributed by atoms with Gasteiger partial charge in [0.15, 0.2) is 11.5 Å². The summed E-state index contributed by atoms with van der Waals surface area (Å²) in [5.74, 6) is 2.45. The quantitative estimate of drug-likeness (QED) is 0.456. The Hall–Kier alpha value is -2.47. The summed E-state index contributed by atoms with van der Waals surface area (Å²) in [4.78, 5) is 12.5. The third-order valence-corrected chi connectivity index (χ3v) is 4.80. The molecular formula is C23H28BrNO4. The van der Waals surface area contributed by atoms with Gasteiger partial charge in [0.1, 0.15) is 12.4 Å². The summed E-state index contributed by atoms with van der Waals surface area (Å²) >= 11 is 3.43. The molecule has 0 aliphatic heterocycles. The number of methoxy groups -OCH3 is 1. The second-order valence-corrected chi connectivity index (χ2v) is 7.80. The van der Waals surface area contributed by atoms with Gasteiger partial charge in [0.2, 0.25) is 0 Å². The van der Waals surface area contributed by atoms with Crippen molar-refractivity contribution in [2.45, 2.75) is 26.8 Å². The van der Waals surface area contributed by atoms with Gasteiger partial charge < -0.3 is 19.5 Å². The Morgan fingerprint density at radius 3 is 2.55 bits per heavy atom. The van der Waals surface area contributed by atoms with Gasteiger partial charge in [-0.1, -0.05) is 32.6 Å². The first-order valence-electron chi connectivity index (χ1n) is 9.55. The molecule has 0 aliphatic rings. The molecule has 2 aromatic rings. The molecule has 0 spiro atoms. The maximum atomic E-state index is 12.5. The zero-order valence-corrected chi connectivity index (χ0v) is 18.8. The molecule has 1 amide bonds. The molecule has 0 saturated heterocycles. The van der Waals surface area contributed by atoms with Crippen LogP contribution in [0.5, 0.6) is 17.2 Å². The lowest BCUT2D eigenvalue weighted by molar-refractivity contribution is 0.0950. The Balaban J connectivity index is 1.97. The summed E-state index contributed by atoms with van der Waals surface area (Å²) in [5, 5.41) is 2.92. The Bertz CT molecular complexity index is 836. The van der Waals surface area contributed by atoms with Gasteiger partial charge in [-0.3, -0.25) is 4.79 Å². The maximum absolute atomic E-state index is 12.5. The minimum Gasteiger partial charge on any atom is -0.493 e. The number of nitrogens with one attached hydrogen (secondary N) is 1. The van der Waals surface area contributed by atoms with E-state index in [9.17, 15) is 4.79 Å². The Morgan fingerprint density at radius 2 is 1.90 bits per heavy atom. The number of hydrogen-bond donors (Lipinski definition) is 1. The normalized spacial score (nSPS) is 10.5. The number of ether oxygens (including phenoxy) is 3. The van der Waals surface area contributed by atoms with Gasteiger partial charge in [0.25, 0.3) is 5.91 Å². The van der Waals surface area contributed by atoms with Gasteiger partial charge in [0.05, 0.1) is 18.2 Å². The molecule has 5 nitrogen and oxygen atoms in total. The van der Waals surface area contributed by atoms with Crippen LogP contribution in [0.15, 0.2) is 53.5 Å². The highest BCUT2D eigenvalue weighted by Crippen LogP contribution is 2.29. The minimum atomic E-state index is -0.169. The highest BCUT2D eigenvalue weighted by Gasteiger charge is 2.11. The number of halogens is 1. The lowest BCUT2D eigenvalue weighted by atomic mass is 10.1. The molecule has 1 N–H and O–H groups in total. The predicted octanol–water partition coefficient (Wildman–Crippen LogP) is 5.38. The van der Waals surface area contributed by atoms with Crippen molar-refractivity contribution in [2.75, 3.05) is 20.3 Å². The molecule has 0 unspecified atom stereocenters. The number of benzene rings is 2. The van der Waals surface area contributed by atoms with E-state index in [4.69, 9.17) is 14.2 Å². The van der Waals surface area contributed by atoms with Crippen LogP contribution in [0.4, 0.5) is 0 Å². The first-order chi connectivity index (χ1) is 13.9. The molecule has 156 valence electrons. The van der Waals surface area contributed by atoms with Crippen LogP contribution in [0.2, 0.25) is 0 Å². The van der Waals surface area contributed by atoms with Crippen LogP contribution in [-0.4, -0.2) is 26.2 Å². The van der Waals surface area contributed by atoms with E-state index in [2.05, 4.69) is 41.7 Å². The van der Waals surface area contributed by atoms with Crippen molar-refractivity contribution in [1.82, 2.24) is 5.32 Å². The van der Waals surface area contributed by atoms with Crippen molar-refractivity contribution < 1.29 is 19.0 Å². The molecule has 0 atom stereocenters. The smallest absolute Gasteiger partial charge is 0.251 e. The van der Waals surface area contributed by atoms with E-state index in [-0.39, 0.29) is 5.91 Å². The van der Waals surface area contributed by atoms with E-state index >= 15 is 0 Å². The fourth-order valence-corrected chi connectivity index (χ4v) is 3.03. The van der Waals surface area contributed by atoms with Crippen LogP contribution in [-0.2, 0) is 6.54 Å². The molecule has 2 aromatic carbocycles. The molecule has 0 radical (unpaired) electrons. The molecule has 6 heteroatoms. The summed E-state index contributed by atoms with van der Waals surface area (Å²) in [6.07, 6.45) is 2.65. The van der Waals surface area contributed by atoms with Crippen LogP contribution in [0, 0.1) is 5.92 Å². The van der Waals surface area contributed by atoms with Crippen molar-refractivity contribution >= 4 is 21.8 Å². The molecule has 0 aromatic heterocycles.